The lowest BCUT2D eigenvalue weighted by Crippen LogP contribution is -2.19. The van der Waals surface area contributed by atoms with Crippen LogP contribution in [0.25, 0.3) is 5.69 Å². The lowest BCUT2D eigenvalue weighted by atomic mass is 10.1. The van der Waals surface area contributed by atoms with Gasteiger partial charge >= 0.3 is 5.97 Å². The number of benzene rings is 1. The minimum absolute atomic E-state index is 0.243. The van der Waals surface area contributed by atoms with Crippen LogP contribution in [0.1, 0.15) is 17.0 Å². The Balaban J connectivity index is 2.24. The van der Waals surface area contributed by atoms with E-state index in [0.29, 0.717) is 17.8 Å². The summed E-state index contributed by atoms with van der Waals surface area (Å²) in [6, 6.07) is 12.6. The maximum absolute atomic E-state index is 11.8. The number of allylic oxidation sites excluding steroid dienone is 1. The number of hydrogen-bond donors (Lipinski definition) is 2. The summed E-state index contributed by atoms with van der Waals surface area (Å²) >= 11 is 0. The number of carbonyl (C=O) groups is 1. The predicted molar refractivity (Wildman–Crippen MR) is 110 cm³/mol. The Morgan fingerprint density at radius 2 is 1.78 bits per heavy atom. The lowest BCUT2D eigenvalue weighted by molar-refractivity contribution is -0.135. The van der Waals surface area contributed by atoms with Gasteiger partial charge < -0.3 is 20.4 Å². The van der Waals surface area contributed by atoms with Crippen molar-refractivity contribution in [2.45, 2.75) is 20.3 Å². The zero-order valence-corrected chi connectivity index (χ0v) is 16.4. The summed E-state index contributed by atoms with van der Waals surface area (Å²) in [4.78, 5) is 11.8. The molecule has 5 heteroatoms. The molecule has 3 N–H and O–H groups in total. The molecule has 0 saturated heterocycles. The molecule has 0 atom stereocenters. The fourth-order valence-electron chi connectivity index (χ4n) is 2.98. The van der Waals surface area contributed by atoms with Gasteiger partial charge in [0.1, 0.15) is 0 Å². The molecule has 2 rings (SSSR count). The van der Waals surface area contributed by atoms with Crippen LogP contribution < -0.4 is 11.1 Å². The molecule has 1 heterocycles. The van der Waals surface area contributed by atoms with Crippen molar-refractivity contribution in [3.05, 3.63) is 89.0 Å². The Morgan fingerprint density at radius 3 is 2.26 bits per heavy atom. The van der Waals surface area contributed by atoms with Crippen LogP contribution in [0.2, 0.25) is 0 Å². The van der Waals surface area contributed by atoms with Crippen molar-refractivity contribution in [1.82, 2.24) is 9.88 Å². The maximum Gasteiger partial charge on any atom is 0.340 e. The second-order valence-corrected chi connectivity index (χ2v) is 6.21. The highest BCUT2D eigenvalue weighted by molar-refractivity contribution is 5.92. The number of esters is 1. The van der Waals surface area contributed by atoms with E-state index in [0.717, 1.165) is 11.3 Å². The van der Waals surface area contributed by atoms with E-state index in [9.17, 15) is 4.79 Å². The Bertz CT molecular complexity index is 867. The highest BCUT2D eigenvalue weighted by Crippen LogP contribution is 2.18. The number of rotatable bonds is 7. The quantitative estimate of drug-likeness (QED) is 0.449. The maximum atomic E-state index is 11.8. The summed E-state index contributed by atoms with van der Waals surface area (Å²) in [6.07, 6.45) is 4.03. The first-order chi connectivity index (χ1) is 12.9. The van der Waals surface area contributed by atoms with E-state index in [2.05, 4.69) is 66.7 Å². The Hall–Kier alpha value is -3.21. The van der Waals surface area contributed by atoms with Crippen molar-refractivity contribution in [3.63, 3.8) is 0 Å². The number of aryl methyl sites for hydroxylation is 2. The van der Waals surface area contributed by atoms with Gasteiger partial charge in [-0.25, -0.2) is 4.79 Å². The van der Waals surface area contributed by atoms with Crippen molar-refractivity contribution in [2.24, 2.45) is 5.73 Å². The van der Waals surface area contributed by atoms with Gasteiger partial charge in [0.15, 0.2) is 0 Å². The van der Waals surface area contributed by atoms with Crippen LogP contribution in [0.15, 0.2) is 72.1 Å². The summed E-state index contributed by atoms with van der Waals surface area (Å²) in [6.45, 7) is 7.83. The summed E-state index contributed by atoms with van der Waals surface area (Å²) in [5, 5.41) is 3.03. The highest BCUT2D eigenvalue weighted by atomic mass is 16.5. The van der Waals surface area contributed by atoms with Crippen LogP contribution in [0.3, 0.4) is 0 Å². The number of hydrogen-bond acceptors (Lipinski definition) is 4. The molecule has 2 aromatic rings. The second kappa shape index (κ2) is 8.94. The van der Waals surface area contributed by atoms with Crippen molar-refractivity contribution < 1.29 is 9.53 Å². The molecule has 0 aliphatic rings. The average molecular weight is 365 g/mol. The van der Waals surface area contributed by atoms with Crippen LogP contribution in [-0.4, -0.2) is 24.7 Å². The van der Waals surface area contributed by atoms with E-state index >= 15 is 0 Å². The molecular weight excluding hydrogens is 338 g/mol. The third kappa shape index (κ3) is 4.50. The molecule has 0 saturated carbocycles. The number of aromatic nitrogens is 1. The topological polar surface area (TPSA) is 69.3 Å². The molecule has 1 aromatic heterocycles. The number of methoxy groups -OCH3 is 1. The molecule has 0 spiro atoms. The molecule has 5 nitrogen and oxygen atoms in total. The number of nitrogens with two attached hydrogens (primary N) is 1. The molecule has 0 bridgehead atoms. The van der Waals surface area contributed by atoms with Gasteiger partial charge in [0, 0.05) is 24.1 Å². The van der Waals surface area contributed by atoms with E-state index < -0.39 is 5.97 Å². The SMILES string of the molecule is C=C/C(C(=O)OC)=C(N)\C(=C/Cc1ccc(-n2c(C)ccc2C)cc1)NC. The number of carbonyl (C=O) groups excluding carboxylic acids is 1. The molecule has 0 radical (unpaired) electrons. The minimum atomic E-state index is -0.509. The van der Waals surface area contributed by atoms with Gasteiger partial charge in [0.05, 0.1) is 24.1 Å². The highest BCUT2D eigenvalue weighted by Gasteiger charge is 2.13. The summed E-state index contributed by atoms with van der Waals surface area (Å²) in [7, 11) is 3.08. The monoisotopic (exact) mass is 365 g/mol. The molecule has 0 amide bonds. The van der Waals surface area contributed by atoms with Gasteiger partial charge in [-0.15, -0.1) is 0 Å². The minimum Gasteiger partial charge on any atom is -0.465 e. The van der Waals surface area contributed by atoms with E-state index in [4.69, 9.17) is 10.5 Å². The Labute approximate surface area is 160 Å². The van der Waals surface area contributed by atoms with Crippen LogP contribution in [0.4, 0.5) is 0 Å². The molecule has 27 heavy (non-hydrogen) atoms. The van der Waals surface area contributed by atoms with Gasteiger partial charge in [-0.2, -0.15) is 0 Å². The first kappa shape index (κ1) is 20.1. The van der Waals surface area contributed by atoms with Crippen molar-refractivity contribution in [3.8, 4) is 5.69 Å². The standard InChI is InChI=1S/C22H27N3O2/c1-6-19(22(26)27-5)21(23)20(24-4)14-11-17-9-12-18(13-10-17)25-15(2)7-8-16(25)3/h6-10,12-14,24H,1,11,23H2,2-5H3/b20-14+,21-19-. The van der Waals surface area contributed by atoms with Gasteiger partial charge in [0.2, 0.25) is 0 Å². The van der Waals surface area contributed by atoms with E-state index in [-0.39, 0.29) is 5.57 Å². The first-order valence-corrected chi connectivity index (χ1v) is 8.76. The smallest absolute Gasteiger partial charge is 0.340 e. The Morgan fingerprint density at radius 1 is 1.19 bits per heavy atom. The fraction of sp³-hybridized carbons (Fsp3) is 0.227. The van der Waals surface area contributed by atoms with Crippen LogP contribution in [-0.2, 0) is 16.0 Å². The zero-order chi connectivity index (χ0) is 20.0. The molecule has 0 fully saturated rings. The normalized spacial score (nSPS) is 12.4. The van der Waals surface area contributed by atoms with Crippen molar-refractivity contribution in [1.29, 1.82) is 0 Å². The molecule has 1 aromatic carbocycles. The van der Waals surface area contributed by atoms with Crippen molar-refractivity contribution in [2.75, 3.05) is 14.2 Å². The van der Waals surface area contributed by atoms with Gasteiger partial charge in [-0.3, -0.25) is 0 Å². The molecule has 0 aliphatic heterocycles. The van der Waals surface area contributed by atoms with E-state index in [1.54, 1.807) is 7.05 Å². The third-order valence-corrected chi connectivity index (χ3v) is 4.47. The van der Waals surface area contributed by atoms with Gasteiger partial charge in [0.25, 0.3) is 0 Å². The first-order valence-electron chi connectivity index (χ1n) is 8.76. The Kier molecular flexibility index (Phi) is 6.66. The van der Waals surface area contributed by atoms with Gasteiger partial charge in [-0.1, -0.05) is 30.9 Å². The van der Waals surface area contributed by atoms with E-state index in [1.165, 1.54) is 24.6 Å². The van der Waals surface area contributed by atoms with Crippen LogP contribution >= 0.6 is 0 Å². The fourth-order valence-corrected chi connectivity index (χ4v) is 2.98. The number of nitrogens with zero attached hydrogens (tertiary/aromatic N) is 1. The van der Waals surface area contributed by atoms with Crippen LogP contribution in [0, 0.1) is 13.8 Å². The molecule has 0 unspecified atom stereocenters. The second-order valence-electron chi connectivity index (χ2n) is 6.21. The predicted octanol–water partition coefficient (Wildman–Crippen LogP) is 3.31. The zero-order valence-electron chi connectivity index (χ0n) is 16.4. The summed E-state index contributed by atoms with van der Waals surface area (Å²) in [5.74, 6) is -0.509. The van der Waals surface area contributed by atoms with E-state index in [1.807, 2.05) is 6.08 Å². The van der Waals surface area contributed by atoms with Crippen LogP contribution in [0.5, 0.6) is 0 Å². The molecule has 0 aliphatic carbocycles. The number of nitrogens with one attached hydrogen (secondary N) is 1. The summed E-state index contributed by atoms with van der Waals surface area (Å²) < 4.78 is 6.96. The third-order valence-electron chi connectivity index (χ3n) is 4.47. The number of likely N-dealkylation sites (N-methyl/N-ethyl adjacent to an activating group) is 1. The molecular formula is C22H27N3O2. The average Bonchev–Trinajstić information content (AvgIpc) is 3.01. The summed E-state index contributed by atoms with van der Waals surface area (Å²) in [5.41, 5.74) is 12.0. The largest absolute Gasteiger partial charge is 0.465 e. The van der Waals surface area contributed by atoms with Gasteiger partial charge in [-0.05, 0) is 50.1 Å². The number of ether oxygens (including phenoxy) is 1. The molecule has 142 valence electrons. The van der Waals surface area contributed by atoms with Crippen molar-refractivity contribution >= 4 is 5.97 Å². The lowest BCUT2D eigenvalue weighted by Gasteiger charge is -2.12.